The van der Waals surface area contributed by atoms with Crippen LogP contribution in [0.4, 0.5) is 4.79 Å². The number of hydrogen-bond donors (Lipinski definition) is 1. The molecule has 2 rings (SSSR count). The first-order chi connectivity index (χ1) is 11.1. The summed E-state index contributed by atoms with van der Waals surface area (Å²) >= 11 is 6.03. The zero-order valence-corrected chi connectivity index (χ0v) is 14.1. The molecule has 1 fully saturated rings. The van der Waals surface area contributed by atoms with Crippen molar-refractivity contribution >= 4 is 23.6 Å². The second-order valence-electron chi connectivity index (χ2n) is 5.68. The van der Waals surface area contributed by atoms with Crippen molar-refractivity contribution in [3.8, 4) is 0 Å². The average Bonchev–Trinajstić information content (AvgIpc) is 2.56. The number of carbonyl (C=O) groups excluding carboxylic acids is 2. The number of hydrogen-bond acceptors (Lipinski definition) is 3. The summed E-state index contributed by atoms with van der Waals surface area (Å²) in [4.78, 5) is 25.8. The molecule has 0 aliphatic carbocycles. The molecule has 1 saturated heterocycles. The minimum atomic E-state index is -0.255. The highest BCUT2D eigenvalue weighted by Gasteiger charge is 2.25. The number of nitrogens with one attached hydrogen (secondary N) is 1. The fraction of sp³-hybridized carbons (Fsp3) is 0.529. The third-order valence-electron chi connectivity index (χ3n) is 3.93. The van der Waals surface area contributed by atoms with Crippen molar-refractivity contribution in [2.45, 2.75) is 38.6 Å². The van der Waals surface area contributed by atoms with Gasteiger partial charge in [0.25, 0.3) is 5.91 Å². The van der Waals surface area contributed by atoms with Gasteiger partial charge in [0.1, 0.15) is 0 Å². The van der Waals surface area contributed by atoms with Crippen molar-refractivity contribution < 1.29 is 14.3 Å². The van der Waals surface area contributed by atoms with Crippen LogP contribution >= 0.6 is 11.6 Å². The lowest BCUT2D eigenvalue weighted by atomic mass is 10.0. The maximum atomic E-state index is 12.2. The van der Waals surface area contributed by atoms with Crippen LogP contribution in [0, 0.1) is 0 Å². The molecule has 6 heteroatoms. The molecule has 1 aliphatic heterocycles. The SMILES string of the molecule is CCCCOC(=O)N1CCC(NC(=O)c2ccccc2Cl)CC1. The Bertz CT molecular complexity index is 542. The molecule has 1 aromatic carbocycles. The van der Waals surface area contributed by atoms with Crippen LogP contribution in [0.2, 0.25) is 5.02 Å². The van der Waals surface area contributed by atoms with Gasteiger partial charge in [0, 0.05) is 19.1 Å². The first-order valence-corrected chi connectivity index (χ1v) is 8.46. The standard InChI is InChI=1S/C17H23ClN2O3/c1-2-3-12-23-17(22)20-10-8-13(9-11-20)19-16(21)14-6-4-5-7-15(14)18/h4-7,13H,2-3,8-12H2,1H3,(H,19,21). The molecule has 1 N–H and O–H groups in total. The van der Waals surface area contributed by atoms with Crippen LogP contribution in [0.25, 0.3) is 0 Å². The topological polar surface area (TPSA) is 58.6 Å². The van der Waals surface area contributed by atoms with E-state index in [1.807, 2.05) is 0 Å². The maximum absolute atomic E-state index is 12.2. The van der Waals surface area contributed by atoms with E-state index in [-0.39, 0.29) is 18.0 Å². The summed E-state index contributed by atoms with van der Waals surface area (Å²) in [5.74, 6) is -0.167. The van der Waals surface area contributed by atoms with Crippen molar-refractivity contribution in [1.29, 1.82) is 0 Å². The van der Waals surface area contributed by atoms with E-state index in [4.69, 9.17) is 16.3 Å². The van der Waals surface area contributed by atoms with E-state index in [1.54, 1.807) is 29.2 Å². The molecule has 0 spiro atoms. The van der Waals surface area contributed by atoms with Gasteiger partial charge in [0.2, 0.25) is 0 Å². The summed E-state index contributed by atoms with van der Waals surface area (Å²) in [6.45, 7) is 3.72. The molecule has 1 aromatic rings. The molecular formula is C17H23ClN2O3. The smallest absolute Gasteiger partial charge is 0.409 e. The molecule has 126 valence electrons. The molecule has 2 amide bonds. The van der Waals surface area contributed by atoms with Gasteiger partial charge in [-0.05, 0) is 31.4 Å². The quantitative estimate of drug-likeness (QED) is 0.836. The highest BCUT2D eigenvalue weighted by molar-refractivity contribution is 6.33. The largest absolute Gasteiger partial charge is 0.449 e. The van der Waals surface area contributed by atoms with Crippen molar-refractivity contribution in [3.05, 3.63) is 34.9 Å². The second-order valence-corrected chi connectivity index (χ2v) is 6.09. The van der Waals surface area contributed by atoms with Gasteiger partial charge in [-0.2, -0.15) is 0 Å². The zero-order chi connectivity index (χ0) is 16.7. The van der Waals surface area contributed by atoms with E-state index in [2.05, 4.69) is 12.2 Å². The summed E-state index contributed by atoms with van der Waals surface area (Å²) in [5.41, 5.74) is 0.482. The Labute approximate surface area is 141 Å². The zero-order valence-electron chi connectivity index (χ0n) is 13.4. The van der Waals surface area contributed by atoms with Gasteiger partial charge in [-0.15, -0.1) is 0 Å². The average molecular weight is 339 g/mol. The summed E-state index contributed by atoms with van der Waals surface area (Å²) in [6.07, 6.45) is 3.08. The van der Waals surface area contributed by atoms with Crippen LogP contribution in [-0.2, 0) is 4.74 Å². The Balaban J connectivity index is 1.77. The lowest BCUT2D eigenvalue weighted by Gasteiger charge is -2.31. The predicted molar refractivity (Wildman–Crippen MR) is 89.8 cm³/mol. The molecule has 0 atom stereocenters. The van der Waals surface area contributed by atoms with Gasteiger partial charge >= 0.3 is 6.09 Å². The Morgan fingerprint density at radius 3 is 2.65 bits per heavy atom. The molecule has 0 unspecified atom stereocenters. The summed E-state index contributed by atoms with van der Waals surface area (Å²) in [5, 5.41) is 3.43. The molecule has 0 saturated carbocycles. The highest BCUT2D eigenvalue weighted by Crippen LogP contribution is 2.17. The number of piperidine rings is 1. The van der Waals surface area contributed by atoms with Crippen molar-refractivity contribution in [1.82, 2.24) is 10.2 Å². The first-order valence-electron chi connectivity index (χ1n) is 8.09. The minimum Gasteiger partial charge on any atom is -0.449 e. The minimum absolute atomic E-state index is 0.0541. The number of nitrogens with zero attached hydrogens (tertiary/aromatic N) is 1. The molecule has 0 bridgehead atoms. The van der Waals surface area contributed by atoms with Crippen molar-refractivity contribution in [2.24, 2.45) is 0 Å². The number of rotatable bonds is 5. The number of unbranched alkanes of at least 4 members (excludes halogenated alkanes) is 1. The van der Waals surface area contributed by atoms with Crippen molar-refractivity contribution in [3.63, 3.8) is 0 Å². The van der Waals surface area contributed by atoms with Gasteiger partial charge in [0.05, 0.1) is 17.2 Å². The number of ether oxygens (including phenoxy) is 1. The van der Waals surface area contributed by atoms with E-state index in [1.165, 1.54) is 0 Å². The Morgan fingerprint density at radius 2 is 2.00 bits per heavy atom. The monoisotopic (exact) mass is 338 g/mol. The van der Waals surface area contributed by atoms with Crippen LogP contribution in [0.1, 0.15) is 43.0 Å². The molecule has 1 aliphatic rings. The Hall–Kier alpha value is -1.75. The number of likely N-dealkylation sites (tertiary alicyclic amines) is 1. The molecular weight excluding hydrogens is 316 g/mol. The van der Waals surface area contributed by atoms with Crippen LogP contribution in [0.3, 0.4) is 0 Å². The van der Waals surface area contributed by atoms with Crippen LogP contribution in [-0.4, -0.2) is 42.6 Å². The normalized spacial score (nSPS) is 15.3. The number of carbonyl (C=O) groups is 2. The van der Waals surface area contributed by atoms with Crippen LogP contribution < -0.4 is 5.32 Å². The van der Waals surface area contributed by atoms with Gasteiger partial charge in [-0.25, -0.2) is 4.79 Å². The molecule has 0 radical (unpaired) electrons. The molecule has 0 aromatic heterocycles. The van der Waals surface area contributed by atoms with Crippen LogP contribution in [0.5, 0.6) is 0 Å². The van der Waals surface area contributed by atoms with E-state index >= 15 is 0 Å². The second kappa shape index (κ2) is 8.77. The lowest BCUT2D eigenvalue weighted by molar-refractivity contribution is 0.0836. The van der Waals surface area contributed by atoms with E-state index in [9.17, 15) is 9.59 Å². The third-order valence-corrected chi connectivity index (χ3v) is 4.26. The third kappa shape index (κ3) is 5.13. The summed E-state index contributed by atoms with van der Waals surface area (Å²) in [7, 11) is 0. The molecule has 5 nitrogen and oxygen atoms in total. The number of amides is 2. The molecule has 23 heavy (non-hydrogen) atoms. The van der Waals surface area contributed by atoms with Crippen LogP contribution in [0.15, 0.2) is 24.3 Å². The van der Waals surface area contributed by atoms with Gasteiger partial charge < -0.3 is 15.0 Å². The maximum Gasteiger partial charge on any atom is 0.409 e. The van der Waals surface area contributed by atoms with E-state index in [0.717, 1.165) is 25.7 Å². The Morgan fingerprint density at radius 1 is 1.30 bits per heavy atom. The van der Waals surface area contributed by atoms with Crippen molar-refractivity contribution in [2.75, 3.05) is 19.7 Å². The number of benzene rings is 1. The van der Waals surface area contributed by atoms with Gasteiger partial charge in [-0.3, -0.25) is 4.79 Å². The van der Waals surface area contributed by atoms with Gasteiger partial charge in [0.15, 0.2) is 0 Å². The number of halogens is 1. The summed E-state index contributed by atoms with van der Waals surface area (Å²) in [6, 6.07) is 7.04. The fourth-order valence-electron chi connectivity index (χ4n) is 2.51. The van der Waals surface area contributed by atoms with E-state index in [0.29, 0.717) is 30.3 Å². The first kappa shape index (κ1) is 17.6. The summed E-state index contributed by atoms with van der Waals surface area (Å²) < 4.78 is 5.21. The molecule has 1 heterocycles. The van der Waals surface area contributed by atoms with E-state index < -0.39 is 0 Å². The lowest BCUT2D eigenvalue weighted by Crippen LogP contribution is -2.46. The van der Waals surface area contributed by atoms with Gasteiger partial charge in [-0.1, -0.05) is 37.1 Å². The fourth-order valence-corrected chi connectivity index (χ4v) is 2.73. The Kier molecular flexibility index (Phi) is 6.71. The predicted octanol–water partition coefficient (Wildman–Crippen LogP) is 3.47. The highest BCUT2D eigenvalue weighted by atomic mass is 35.5.